The molecule has 0 saturated heterocycles. The molecule has 1 aliphatic rings. The van der Waals surface area contributed by atoms with Crippen LogP contribution in [0.5, 0.6) is 5.88 Å². The minimum atomic E-state index is -0.0541. The van der Waals surface area contributed by atoms with E-state index in [0.717, 1.165) is 22.4 Å². The topological polar surface area (TPSA) is 49.9 Å². The maximum Gasteiger partial charge on any atom is 0.211 e. The van der Waals surface area contributed by atoms with Crippen molar-refractivity contribution in [3.8, 4) is 5.88 Å². The Morgan fingerprint density at radius 2 is 1.74 bits per heavy atom. The molecule has 3 aromatic rings. The molecule has 1 aliphatic heterocycles. The molecule has 1 aromatic heterocycles. The van der Waals surface area contributed by atoms with Gasteiger partial charge in [0.2, 0.25) is 5.88 Å². The summed E-state index contributed by atoms with van der Waals surface area (Å²) in [6.07, 6.45) is 3.60. The van der Waals surface area contributed by atoms with Crippen molar-refractivity contribution in [3.05, 3.63) is 86.2 Å². The lowest BCUT2D eigenvalue weighted by molar-refractivity contribution is 0.404. The third-order valence-corrected chi connectivity index (χ3v) is 5.81. The molecule has 0 spiro atoms. The highest BCUT2D eigenvalue weighted by Gasteiger charge is 2.19. The molecule has 1 atom stereocenters. The number of nitrogens with zero attached hydrogens (tertiary/aromatic N) is 3. The number of allylic oxidation sites excluding steroid dienone is 1. The van der Waals surface area contributed by atoms with Gasteiger partial charge in [-0.25, -0.2) is 0 Å². The first-order valence-electron chi connectivity index (χ1n) is 8.53. The summed E-state index contributed by atoms with van der Waals surface area (Å²) in [5.74, 6) is 0.168. The summed E-state index contributed by atoms with van der Waals surface area (Å²) in [6.45, 7) is 2.03. The third-order valence-electron chi connectivity index (χ3n) is 4.47. The first kappa shape index (κ1) is 17.6. The van der Waals surface area contributed by atoms with E-state index in [1.165, 1.54) is 11.3 Å². The van der Waals surface area contributed by atoms with Crippen molar-refractivity contribution in [3.63, 3.8) is 0 Å². The summed E-state index contributed by atoms with van der Waals surface area (Å²) in [7, 11) is 0. The van der Waals surface area contributed by atoms with Gasteiger partial charge in [0.05, 0.1) is 17.1 Å². The van der Waals surface area contributed by atoms with Crippen LogP contribution in [0.15, 0.2) is 76.4 Å². The van der Waals surface area contributed by atoms with Gasteiger partial charge in [0.25, 0.3) is 0 Å². The van der Waals surface area contributed by atoms with Crippen LogP contribution in [0.4, 0.5) is 0 Å². The molecule has 0 unspecified atom stereocenters. The zero-order chi connectivity index (χ0) is 18.8. The van der Waals surface area contributed by atoms with E-state index < -0.39 is 0 Å². The fourth-order valence-corrected chi connectivity index (χ4v) is 4.47. The normalized spacial score (nSPS) is 15.9. The molecule has 6 heteroatoms. The molecule has 0 bridgehead atoms. The minimum Gasteiger partial charge on any atom is -0.493 e. The highest BCUT2D eigenvalue weighted by atomic mass is 32.1. The fraction of sp³-hybridized carbons (Fsp3) is 0.0952. The number of rotatable bonds is 4. The largest absolute Gasteiger partial charge is 0.493 e. The van der Waals surface area contributed by atoms with Crippen molar-refractivity contribution < 1.29 is 5.11 Å². The number of thiazole rings is 1. The highest BCUT2D eigenvalue weighted by molar-refractivity contribution is 7.73. The molecule has 0 fully saturated rings. The van der Waals surface area contributed by atoms with Crippen LogP contribution >= 0.6 is 23.6 Å². The van der Waals surface area contributed by atoms with Gasteiger partial charge in [-0.2, -0.15) is 5.10 Å². The molecule has 2 aromatic carbocycles. The van der Waals surface area contributed by atoms with Crippen molar-refractivity contribution in [1.82, 2.24) is 4.57 Å². The van der Waals surface area contributed by atoms with Crippen LogP contribution in [-0.4, -0.2) is 21.6 Å². The van der Waals surface area contributed by atoms with Crippen LogP contribution in [0.25, 0.3) is 6.08 Å². The molecular weight excluding hydrogens is 374 g/mol. The molecule has 0 saturated carbocycles. The molecule has 2 heterocycles. The first-order chi connectivity index (χ1) is 13.1. The Balaban J connectivity index is 1.72. The van der Waals surface area contributed by atoms with Crippen molar-refractivity contribution >= 4 is 41.6 Å². The Morgan fingerprint density at radius 3 is 2.44 bits per heavy atom. The van der Waals surface area contributed by atoms with E-state index in [2.05, 4.69) is 10.2 Å². The average molecular weight is 392 g/mol. The van der Waals surface area contributed by atoms with E-state index in [4.69, 9.17) is 12.2 Å². The van der Waals surface area contributed by atoms with E-state index in [9.17, 15) is 5.11 Å². The Hall–Kier alpha value is -2.83. The zero-order valence-electron chi connectivity index (χ0n) is 14.6. The summed E-state index contributed by atoms with van der Waals surface area (Å²) in [5, 5.41) is 19.1. The van der Waals surface area contributed by atoms with Gasteiger partial charge >= 0.3 is 0 Å². The van der Waals surface area contributed by atoms with Crippen molar-refractivity contribution in [2.45, 2.75) is 13.0 Å². The second-order valence-corrected chi connectivity index (χ2v) is 7.85. The predicted octanol–water partition coefficient (Wildman–Crippen LogP) is 5.47. The lowest BCUT2D eigenvalue weighted by Gasteiger charge is -2.15. The van der Waals surface area contributed by atoms with Gasteiger partial charge in [-0.05, 0) is 30.8 Å². The van der Waals surface area contributed by atoms with Crippen LogP contribution in [0.2, 0.25) is 0 Å². The quantitative estimate of drug-likeness (QED) is 0.600. The number of aromatic nitrogens is 1. The Labute approximate surface area is 166 Å². The van der Waals surface area contributed by atoms with Crippen LogP contribution in [0, 0.1) is 3.95 Å². The van der Waals surface area contributed by atoms with Crippen molar-refractivity contribution in [2.75, 3.05) is 0 Å². The molecule has 0 radical (unpaired) electrons. The second-order valence-electron chi connectivity index (χ2n) is 6.17. The van der Waals surface area contributed by atoms with Gasteiger partial charge in [-0.15, -0.1) is 16.4 Å². The molecule has 134 valence electrons. The first-order valence-corrected chi connectivity index (χ1v) is 9.75. The molecule has 1 N–H and O–H groups in total. The summed E-state index contributed by atoms with van der Waals surface area (Å²) < 4.78 is 2.41. The number of aromatic hydroxyl groups is 1. The molecule has 0 aliphatic carbocycles. The van der Waals surface area contributed by atoms with Gasteiger partial charge < -0.3 is 5.11 Å². The Morgan fingerprint density at radius 1 is 1.07 bits per heavy atom. The Kier molecular flexibility index (Phi) is 4.83. The SMILES string of the molecule is C[C@@H](c1ccccc1)n1c(O)c(C=C2C=NN=C2c2ccccc2)sc1=S. The van der Waals surface area contributed by atoms with E-state index >= 15 is 0 Å². The summed E-state index contributed by atoms with van der Waals surface area (Å²) >= 11 is 6.91. The van der Waals surface area contributed by atoms with E-state index in [1.54, 1.807) is 10.8 Å². The lowest BCUT2D eigenvalue weighted by Crippen LogP contribution is -2.06. The Bertz CT molecular complexity index is 1110. The maximum absolute atomic E-state index is 10.8. The highest BCUT2D eigenvalue weighted by Crippen LogP contribution is 2.34. The molecule has 4 nitrogen and oxygen atoms in total. The van der Waals surface area contributed by atoms with Crippen molar-refractivity contribution in [1.29, 1.82) is 0 Å². The number of benzene rings is 2. The standard InChI is InChI=1S/C21H17N3OS2/c1-14(15-8-4-2-5-9-15)24-20(25)18(27-21(24)26)12-17-13-22-23-19(17)16-10-6-3-7-11-16/h2-14,25H,1H3/t14-/m0/s1. The fourth-order valence-electron chi connectivity index (χ4n) is 3.05. The number of hydrogen-bond donors (Lipinski definition) is 1. The van der Waals surface area contributed by atoms with Gasteiger partial charge in [-0.1, -0.05) is 60.7 Å². The van der Waals surface area contributed by atoms with E-state index in [1.807, 2.05) is 73.7 Å². The van der Waals surface area contributed by atoms with Crippen molar-refractivity contribution in [2.24, 2.45) is 10.2 Å². The summed E-state index contributed by atoms with van der Waals surface area (Å²) in [6, 6.07) is 19.8. The molecule has 27 heavy (non-hydrogen) atoms. The second kappa shape index (κ2) is 7.42. The third kappa shape index (κ3) is 3.41. The summed E-state index contributed by atoms with van der Waals surface area (Å²) in [4.78, 5) is 0.703. The maximum atomic E-state index is 10.8. The molecular formula is C21H17N3OS2. The predicted molar refractivity (Wildman–Crippen MR) is 115 cm³/mol. The van der Waals surface area contributed by atoms with Gasteiger partial charge in [0.15, 0.2) is 3.95 Å². The van der Waals surface area contributed by atoms with Crippen LogP contribution in [0.1, 0.15) is 29.0 Å². The monoisotopic (exact) mass is 391 g/mol. The van der Waals surface area contributed by atoms with Crippen LogP contribution < -0.4 is 0 Å². The average Bonchev–Trinajstić information content (AvgIpc) is 3.27. The molecule has 4 rings (SSSR count). The minimum absolute atomic E-state index is 0.0541. The van der Waals surface area contributed by atoms with E-state index in [-0.39, 0.29) is 11.9 Å². The summed E-state index contributed by atoms with van der Waals surface area (Å²) in [5.41, 5.74) is 3.72. The smallest absolute Gasteiger partial charge is 0.211 e. The molecule has 0 amide bonds. The lowest BCUT2D eigenvalue weighted by atomic mass is 10.0. The van der Waals surface area contributed by atoms with Crippen LogP contribution in [-0.2, 0) is 0 Å². The van der Waals surface area contributed by atoms with Gasteiger partial charge in [0.1, 0.15) is 5.71 Å². The van der Waals surface area contributed by atoms with Gasteiger partial charge in [-0.3, -0.25) is 4.57 Å². The van der Waals surface area contributed by atoms with Gasteiger partial charge in [0, 0.05) is 11.1 Å². The zero-order valence-corrected chi connectivity index (χ0v) is 16.2. The van der Waals surface area contributed by atoms with Crippen LogP contribution in [0.3, 0.4) is 0 Å². The number of hydrogen-bond acceptors (Lipinski definition) is 5. The van der Waals surface area contributed by atoms with E-state index in [0.29, 0.717) is 8.83 Å².